The lowest BCUT2D eigenvalue weighted by molar-refractivity contribution is -0.514. The Morgan fingerprint density at radius 1 is 1.38 bits per heavy atom. The molecule has 0 aromatic carbocycles. The van der Waals surface area contributed by atoms with E-state index in [0.717, 1.165) is 30.6 Å². The van der Waals surface area contributed by atoms with Gasteiger partial charge in [0.25, 0.3) is 5.84 Å². The number of amidine groups is 2. The molecule has 0 spiro atoms. The topological polar surface area (TPSA) is 63.6 Å². The first-order valence-electron chi connectivity index (χ1n) is 12.2. The molecule has 0 aromatic heterocycles. The van der Waals surface area contributed by atoms with Crippen molar-refractivity contribution in [2.45, 2.75) is 79.2 Å². The molecule has 1 unspecified atom stereocenters. The number of hydrogen-bond acceptors (Lipinski definition) is 4. The molecule has 1 saturated carbocycles. The van der Waals surface area contributed by atoms with E-state index in [4.69, 9.17) is 0 Å². The lowest BCUT2D eigenvalue weighted by Crippen LogP contribution is -2.49. The zero-order valence-corrected chi connectivity index (χ0v) is 20.7. The molecule has 2 heterocycles. The molecule has 6 nitrogen and oxygen atoms in total. The van der Waals surface area contributed by atoms with Gasteiger partial charge in [-0.25, -0.2) is 14.5 Å². The first-order valence-corrected chi connectivity index (χ1v) is 12.2. The van der Waals surface area contributed by atoms with Crippen molar-refractivity contribution in [2.75, 3.05) is 13.6 Å². The molecule has 174 valence electrons. The number of likely N-dealkylation sites (N-methyl/N-ethyl adjacent to an activating group) is 1. The minimum Gasteiger partial charge on any atom is -0.409 e. The molecule has 0 bridgehead atoms. The lowest BCUT2D eigenvalue weighted by Gasteiger charge is -2.58. The highest BCUT2D eigenvalue weighted by Gasteiger charge is 2.52. The van der Waals surface area contributed by atoms with Crippen molar-refractivity contribution in [3.8, 4) is 0 Å². The first-order chi connectivity index (χ1) is 15.2. The number of rotatable bonds is 5. The highest BCUT2D eigenvalue weighted by Crippen LogP contribution is 2.61. The van der Waals surface area contributed by atoms with Crippen molar-refractivity contribution in [2.24, 2.45) is 37.8 Å². The summed E-state index contributed by atoms with van der Waals surface area (Å²) in [6, 6.07) is -0.215. The molecular weight excluding hydrogens is 398 g/mol. The summed E-state index contributed by atoms with van der Waals surface area (Å²) in [4.78, 5) is 10.5. The summed E-state index contributed by atoms with van der Waals surface area (Å²) >= 11 is 0. The summed E-state index contributed by atoms with van der Waals surface area (Å²) in [5.74, 6) is 2.79. The van der Waals surface area contributed by atoms with Crippen LogP contribution in [0, 0.1) is 22.7 Å². The summed E-state index contributed by atoms with van der Waals surface area (Å²) in [5.41, 5.74) is 3.81. The van der Waals surface area contributed by atoms with Gasteiger partial charge in [0, 0.05) is 0 Å². The van der Waals surface area contributed by atoms with Crippen molar-refractivity contribution in [1.29, 1.82) is 0 Å². The molecule has 6 heteroatoms. The molecule has 0 amide bonds. The summed E-state index contributed by atoms with van der Waals surface area (Å²) in [6.07, 6.45) is 15.9. The van der Waals surface area contributed by atoms with Gasteiger partial charge in [-0.3, -0.25) is 0 Å². The van der Waals surface area contributed by atoms with Crippen molar-refractivity contribution in [3.05, 3.63) is 23.3 Å². The van der Waals surface area contributed by atoms with Gasteiger partial charge in [-0.05, 0) is 81.1 Å². The van der Waals surface area contributed by atoms with Crippen LogP contribution >= 0.6 is 0 Å². The van der Waals surface area contributed by atoms with E-state index in [-0.39, 0.29) is 6.04 Å². The number of allylic oxidation sites excluding steroid dienone is 3. The van der Waals surface area contributed by atoms with E-state index in [0.29, 0.717) is 16.7 Å². The van der Waals surface area contributed by atoms with E-state index in [1.807, 2.05) is 18.3 Å². The van der Waals surface area contributed by atoms with Crippen molar-refractivity contribution < 1.29 is 9.78 Å². The standard InChI is InChI=1S/C26H39N5O/c1-18(12-15-31-17-30(6)24-22(31)23(29-32)27-16-28-24)10-13-25(4)20(3)11-14-26(5)19(2)8-7-9-21(25)26/h8,12,16-17,20-22H,7,9-11,13-15H2,1-6H3/p+1/b18-12+,29-23+/t20-,21-,22?,25-,26+/m1/s1. The average molecular weight is 439 g/mol. The maximum absolute atomic E-state index is 9.38. The van der Waals surface area contributed by atoms with Crippen molar-refractivity contribution in [1.82, 2.24) is 4.90 Å². The number of fused-ring (bicyclic) bond motifs is 2. The van der Waals surface area contributed by atoms with E-state index >= 15 is 0 Å². The van der Waals surface area contributed by atoms with Gasteiger partial charge in [0.2, 0.25) is 18.2 Å². The molecule has 0 saturated heterocycles. The molecule has 0 radical (unpaired) electrons. The van der Waals surface area contributed by atoms with Crippen LogP contribution in [0.4, 0.5) is 0 Å². The Balaban J connectivity index is 1.45. The third kappa shape index (κ3) is 3.75. The maximum Gasteiger partial charge on any atom is 0.251 e. The van der Waals surface area contributed by atoms with E-state index in [2.05, 4.69) is 66.5 Å². The van der Waals surface area contributed by atoms with Crippen molar-refractivity contribution in [3.63, 3.8) is 0 Å². The van der Waals surface area contributed by atoms with Crippen LogP contribution in [0.2, 0.25) is 0 Å². The first kappa shape index (κ1) is 22.9. The minimum absolute atomic E-state index is 0.215. The summed E-state index contributed by atoms with van der Waals surface area (Å²) in [6.45, 7) is 13.0. The molecule has 2 aliphatic heterocycles. The normalized spacial score (nSPS) is 38.2. The van der Waals surface area contributed by atoms with Crippen LogP contribution in [-0.4, -0.2) is 58.7 Å². The number of aliphatic imine (C=N–C) groups is 2. The van der Waals surface area contributed by atoms with Gasteiger partial charge in [-0.1, -0.05) is 43.1 Å². The Kier molecular flexibility index (Phi) is 6.17. The van der Waals surface area contributed by atoms with Crippen LogP contribution in [-0.2, 0) is 0 Å². The largest absolute Gasteiger partial charge is 0.409 e. The maximum atomic E-state index is 9.38. The minimum atomic E-state index is -0.215. The zero-order chi connectivity index (χ0) is 23.1. The van der Waals surface area contributed by atoms with Crippen LogP contribution in [0.15, 0.2) is 38.4 Å². The van der Waals surface area contributed by atoms with Crippen LogP contribution in [0.5, 0.6) is 0 Å². The fraction of sp³-hybridized carbons (Fsp3) is 0.692. The Hall–Kier alpha value is -2.24. The highest BCUT2D eigenvalue weighted by molar-refractivity contribution is 6.18. The van der Waals surface area contributed by atoms with E-state index in [9.17, 15) is 5.21 Å². The van der Waals surface area contributed by atoms with Gasteiger partial charge in [0.1, 0.15) is 12.9 Å². The molecule has 5 atom stereocenters. The van der Waals surface area contributed by atoms with Gasteiger partial charge in [-0.2, -0.15) is 4.99 Å². The van der Waals surface area contributed by atoms with Crippen LogP contribution in [0.25, 0.3) is 0 Å². The molecule has 4 rings (SSSR count). The highest BCUT2D eigenvalue weighted by atomic mass is 16.4. The molecule has 4 aliphatic rings. The van der Waals surface area contributed by atoms with Crippen LogP contribution in [0.1, 0.15) is 73.1 Å². The van der Waals surface area contributed by atoms with E-state index < -0.39 is 0 Å². The van der Waals surface area contributed by atoms with Crippen LogP contribution < -0.4 is 0 Å². The monoisotopic (exact) mass is 438 g/mol. The second-order valence-corrected chi connectivity index (χ2v) is 10.9. The van der Waals surface area contributed by atoms with Crippen LogP contribution in [0.3, 0.4) is 0 Å². The Morgan fingerprint density at radius 2 is 2.16 bits per heavy atom. The number of nitrogens with zero attached hydrogens (tertiary/aromatic N) is 5. The fourth-order valence-electron chi connectivity index (χ4n) is 6.73. The van der Waals surface area contributed by atoms with Gasteiger partial charge in [-0.15, -0.1) is 0 Å². The average Bonchev–Trinajstić information content (AvgIpc) is 3.11. The molecule has 32 heavy (non-hydrogen) atoms. The quantitative estimate of drug-likeness (QED) is 0.281. The molecule has 2 aliphatic carbocycles. The number of hydrogen-bond donors (Lipinski definition) is 1. The molecule has 1 fully saturated rings. The fourth-order valence-corrected chi connectivity index (χ4v) is 6.73. The Labute approximate surface area is 193 Å². The van der Waals surface area contributed by atoms with Crippen molar-refractivity contribution >= 4 is 24.3 Å². The lowest BCUT2D eigenvalue weighted by atomic mass is 9.47. The predicted octanol–water partition coefficient (Wildman–Crippen LogP) is 5.09. The molecule has 1 N–H and O–H groups in total. The number of oxime groups is 1. The van der Waals surface area contributed by atoms with Gasteiger partial charge in [0.05, 0.1) is 7.05 Å². The second-order valence-electron chi connectivity index (χ2n) is 10.9. The summed E-state index contributed by atoms with van der Waals surface area (Å²) in [7, 11) is 1.97. The van der Waals surface area contributed by atoms with Gasteiger partial charge >= 0.3 is 0 Å². The molecular formula is C26H40N5O+. The third-order valence-corrected chi connectivity index (χ3v) is 9.29. The third-order valence-electron chi connectivity index (χ3n) is 9.29. The zero-order valence-electron chi connectivity index (χ0n) is 20.7. The van der Waals surface area contributed by atoms with Gasteiger partial charge < -0.3 is 5.21 Å². The second kappa shape index (κ2) is 8.60. The van der Waals surface area contributed by atoms with E-state index in [1.165, 1.54) is 44.0 Å². The predicted molar refractivity (Wildman–Crippen MR) is 132 cm³/mol. The van der Waals surface area contributed by atoms with E-state index in [1.54, 1.807) is 5.57 Å². The Morgan fingerprint density at radius 3 is 2.91 bits per heavy atom. The summed E-state index contributed by atoms with van der Waals surface area (Å²) in [5, 5.41) is 12.8. The SMILES string of the molecule is CC1=CCC[C@@H]2[C@](C)(CC/C(C)=C/C[N+]3=CN(C)C4=NC=N/C(=N/O)C43)[C@H](C)CC[C@@]12C. The smallest absolute Gasteiger partial charge is 0.251 e. The molecule has 0 aromatic rings. The van der Waals surface area contributed by atoms with Gasteiger partial charge in [0.15, 0.2) is 0 Å². The summed E-state index contributed by atoms with van der Waals surface area (Å²) < 4.78 is 2.14. The Bertz CT molecular complexity index is 942.